The summed E-state index contributed by atoms with van der Waals surface area (Å²) in [5, 5.41) is 18.2. The van der Waals surface area contributed by atoms with Gasteiger partial charge < -0.3 is 36.5 Å². The van der Waals surface area contributed by atoms with Crippen molar-refractivity contribution in [2.75, 3.05) is 31.2 Å². The van der Waals surface area contributed by atoms with Crippen LogP contribution >= 0.6 is 11.6 Å². The van der Waals surface area contributed by atoms with E-state index in [1.807, 2.05) is 0 Å². The minimum Gasteiger partial charge on any atom is -0.508 e. The van der Waals surface area contributed by atoms with Crippen LogP contribution in [0.2, 0.25) is 5.02 Å². The van der Waals surface area contributed by atoms with Gasteiger partial charge in [-0.3, -0.25) is 14.4 Å². The largest absolute Gasteiger partial charge is 0.508 e. The van der Waals surface area contributed by atoms with Crippen molar-refractivity contribution in [3.05, 3.63) is 51.3 Å². The number of nitrogens with one attached hydrogen (secondary N) is 4. The molecule has 0 aliphatic carbocycles. The fourth-order valence-electron chi connectivity index (χ4n) is 3.62. The molecule has 0 radical (unpaired) electrons. The Morgan fingerprint density at radius 3 is 2.74 bits per heavy atom. The Bertz CT molecular complexity index is 1030. The number of phenols is 1. The Morgan fingerprint density at radius 1 is 1.35 bits per heavy atom. The van der Waals surface area contributed by atoms with E-state index >= 15 is 0 Å². The van der Waals surface area contributed by atoms with Crippen LogP contribution in [0.1, 0.15) is 23.2 Å². The number of aromatic hydroxyl groups is 1. The second kappa shape index (κ2) is 9.38. The molecule has 1 fully saturated rings. The zero-order chi connectivity index (χ0) is 22.6. The number of hydrogen-bond acceptors (Lipinski definition) is 7. The molecule has 1 saturated heterocycles. The quantitative estimate of drug-likeness (QED) is 0.356. The number of piperidine rings is 1. The average Bonchev–Trinajstić information content (AvgIpc) is 2.72. The van der Waals surface area contributed by atoms with Crippen LogP contribution in [0.4, 0.5) is 11.5 Å². The first-order valence-electron chi connectivity index (χ1n) is 9.57. The number of pyridine rings is 1. The van der Waals surface area contributed by atoms with Crippen molar-refractivity contribution < 1.29 is 19.4 Å². The van der Waals surface area contributed by atoms with Crippen molar-refractivity contribution in [1.29, 1.82) is 0 Å². The van der Waals surface area contributed by atoms with Crippen LogP contribution in [-0.4, -0.2) is 53.7 Å². The third-order valence-electron chi connectivity index (χ3n) is 5.23. The smallest absolute Gasteiger partial charge is 0.262 e. The Labute approximate surface area is 183 Å². The number of nitrogen functional groups attached to an aromatic ring is 1. The summed E-state index contributed by atoms with van der Waals surface area (Å²) >= 11 is 5.96. The summed E-state index contributed by atoms with van der Waals surface area (Å²) in [4.78, 5) is 40.3. The van der Waals surface area contributed by atoms with E-state index in [4.69, 9.17) is 22.1 Å². The van der Waals surface area contributed by atoms with Gasteiger partial charge in [-0.1, -0.05) is 11.6 Å². The Morgan fingerprint density at radius 2 is 2.06 bits per heavy atom. The van der Waals surface area contributed by atoms with Crippen LogP contribution in [0.3, 0.4) is 0 Å². The molecule has 1 aromatic carbocycles. The Kier molecular flexibility index (Phi) is 6.84. The number of H-pyrrole nitrogens is 1. The summed E-state index contributed by atoms with van der Waals surface area (Å²) in [7, 11) is 1.49. The lowest BCUT2D eigenvalue weighted by molar-refractivity contribution is -0.119. The topological polar surface area (TPSA) is 159 Å². The van der Waals surface area contributed by atoms with Gasteiger partial charge in [0.15, 0.2) is 0 Å². The van der Waals surface area contributed by atoms with Gasteiger partial charge in [0, 0.05) is 19.3 Å². The SMILES string of the molecule is CO[C@H]1CNCC[C@]1(CC(=O)Nc1ccc(O)cc1)NC(=O)c1cc(Cl)c(N)[nH]c1=O. The maximum absolute atomic E-state index is 13.0. The molecular weight excluding hydrogens is 426 g/mol. The highest BCUT2D eigenvalue weighted by Gasteiger charge is 2.44. The normalized spacial score (nSPS) is 20.8. The van der Waals surface area contributed by atoms with E-state index in [0.717, 1.165) is 0 Å². The van der Waals surface area contributed by atoms with E-state index in [0.29, 0.717) is 25.2 Å². The molecule has 1 aliphatic heterocycles. The summed E-state index contributed by atoms with van der Waals surface area (Å²) in [6, 6.07) is 7.22. The number of anilines is 2. The van der Waals surface area contributed by atoms with Gasteiger partial charge in [-0.2, -0.15) is 0 Å². The van der Waals surface area contributed by atoms with E-state index in [1.165, 1.54) is 25.3 Å². The van der Waals surface area contributed by atoms with E-state index in [1.54, 1.807) is 12.1 Å². The highest BCUT2D eigenvalue weighted by Crippen LogP contribution is 2.27. The minimum atomic E-state index is -1.07. The number of carbonyl (C=O) groups excluding carboxylic acids is 2. The monoisotopic (exact) mass is 449 g/mol. The minimum absolute atomic E-state index is 0.0390. The second-order valence-corrected chi connectivity index (χ2v) is 7.74. The number of methoxy groups -OCH3 is 1. The van der Waals surface area contributed by atoms with E-state index in [9.17, 15) is 19.5 Å². The lowest BCUT2D eigenvalue weighted by Gasteiger charge is -2.43. The Balaban J connectivity index is 1.86. The standard InChI is InChI=1S/C20H24ClN5O5/c1-31-15-10-23-7-6-20(15,9-16(28)24-11-2-4-12(27)5-3-11)26-19(30)13-8-14(21)17(22)25-18(13)29/h2-5,8,15,23,27H,6-7,9-10H2,1H3,(H,24,28)(H,26,30)(H3,22,25,29)/t15-,20+/m0/s1. The molecule has 11 heteroatoms. The van der Waals surface area contributed by atoms with E-state index in [2.05, 4.69) is 20.9 Å². The number of nitrogens with two attached hydrogens (primary N) is 1. The van der Waals surface area contributed by atoms with Crippen molar-refractivity contribution in [1.82, 2.24) is 15.6 Å². The Hall–Kier alpha value is -3.08. The number of ether oxygens (including phenoxy) is 1. The molecule has 0 unspecified atom stereocenters. The molecular formula is C20H24ClN5O5. The number of halogens is 1. The van der Waals surface area contributed by atoms with Gasteiger partial charge >= 0.3 is 0 Å². The molecule has 2 aromatic rings. The van der Waals surface area contributed by atoms with Gasteiger partial charge in [0.2, 0.25) is 5.91 Å². The van der Waals surface area contributed by atoms with Crippen molar-refractivity contribution in [3.63, 3.8) is 0 Å². The van der Waals surface area contributed by atoms with Crippen LogP contribution in [-0.2, 0) is 9.53 Å². The predicted molar refractivity (Wildman–Crippen MR) is 116 cm³/mol. The predicted octanol–water partition coefficient (Wildman–Crippen LogP) is 0.822. The molecule has 0 spiro atoms. The molecule has 1 aromatic heterocycles. The average molecular weight is 450 g/mol. The summed E-state index contributed by atoms with van der Waals surface area (Å²) in [6.45, 7) is 0.938. The molecule has 2 amide bonds. The summed E-state index contributed by atoms with van der Waals surface area (Å²) in [5.41, 5.74) is 4.09. The zero-order valence-corrected chi connectivity index (χ0v) is 17.6. The molecule has 2 atom stereocenters. The molecule has 3 rings (SSSR count). The first-order chi connectivity index (χ1) is 14.7. The highest BCUT2D eigenvalue weighted by molar-refractivity contribution is 6.33. The van der Waals surface area contributed by atoms with Crippen molar-refractivity contribution >= 4 is 34.9 Å². The summed E-state index contributed by atoms with van der Waals surface area (Å²) < 4.78 is 5.56. The van der Waals surface area contributed by atoms with Gasteiger partial charge in [-0.05, 0) is 43.3 Å². The fourth-order valence-corrected chi connectivity index (χ4v) is 3.77. The van der Waals surface area contributed by atoms with Crippen molar-refractivity contribution in [2.45, 2.75) is 24.5 Å². The first kappa shape index (κ1) is 22.6. The number of rotatable bonds is 6. The van der Waals surface area contributed by atoms with Gasteiger partial charge in [0.1, 0.15) is 17.1 Å². The number of aromatic nitrogens is 1. The third-order valence-corrected chi connectivity index (χ3v) is 5.55. The molecule has 1 aliphatic rings. The number of aromatic amines is 1. The molecule has 7 N–H and O–H groups in total. The maximum Gasteiger partial charge on any atom is 0.262 e. The van der Waals surface area contributed by atoms with Crippen molar-refractivity contribution in [3.8, 4) is 5.75 Å². The molecule has 166 valence electrons. The second-order valence-electron chi connectivity index (χ2n) is 7.33. The lowest BCUT2D eigenvalue weighted by atomic mass is 9.81. The number of phenolic OH excluding ortho intramolecular Hbond substituents is 1. The van der Waals surface area contributed by atoms with Gasteiger partial charge in [0.25, 0.3) is 11.5 Å². The third kappa shape index (κ3) is 5.16. The van der Waals surface area contributed by atoms with E-state index < -0.39 is 23.1 Å². The van der Waals surface area contributed by atoms with Crippen LogP contribution in [0.25, 0.3) is 0 Å². The van der Waals surface area contributed by atoms with Crippen molar-refractivity contribution in [2.24, 2.45) is 0 Å². The van der Waals surface area contributed by atoms with Crippen LogP contribution in [0.5, 0.6) is 5.75 Å². The van der Waals surface area contributed by atoms with E-state index in [-0.39, 0.29) is 34.5 Å². The zero-order valence-electron chi connectivity index (χ0n) is 16.8. The van der Waals surface area contributed by atoms with Crippen LogP contribution < -0.4 is 27.2 Å². The maximum atomic E-state index is 13.0. The lowest BCUT2D eigenvalue weighted by Crippen LogP contribution is -2.65. The molecule has 31 heavy (non-hydrogen) atoms. The van der Waals surface area contributed by atoms with Gasteiger partial charge in [0.05, 0.1) is 23.1 Å². The van der Waals surface area contributed by atoms with Gasteiger partial charge in [-0.15, -0.1) is 0 Å². The summed E-state index contributed by atoms with van der Waals surface area (Å²) in [6.07, 6.45) is -0.236. The highest BCUT2D eigenvalue weighted by atomic mass is 35.5. The van der Waals surface area contributed by atoms with Crippen LogP contribution in [0, 0.1) is 0 Å². The summed E-state index contributed by atoms with van der Waals surface area (Å²) in [5.74, 6) is -1.02. The molecule has 0 bridgehead atoms. The number of hydrogen-bond donors (Lipinski definition) is 6. The number of amides is 2. The molecule has 10 nitrogen and oxygen atoms in total. The number of benzene rings is 1. The first-order valence-corrected chi connectivity index (χ1v) is 9.95. The van der Waals surface area contributed by atoms with Gasteiger partial charge in [-0.25, -0.2) is 0 Å². The molecule has 2 heterocycles. The number of carbonyl (C=O) groups is 2. The van der Waals surface area contributed by atoms with Crippen LogP contribution in [0.15, 0.2) is 35.1 Å². The fraction of sp³-hybridized carbons (Fsp3) is 0.350. The molecule has 0 saturated carbocycles.